The van der Waals surface area contributed by atoms with Crippen molar-refractivity contribution in [3.05, 3.63) is 35.9 Å². The summed E-state index contributed by atoms with van der Waals surface area (Å²) >= 11 is 0. The largest absolute Gasteiger partial charge is 0.393 e. The Labute approximate surface area is 150 Å². The average Bonchev–Trinajstić information content (AvgIpc) is 2.99. The maximum atomic E-state index is 12.1. The number of urea groups is 1. The molecule has 1 aliphatic heterocycles. The van der Waals surface area contributed by atoms with Crippen LogP contribution >= 0.6 is 0 Å². The summed E-state index contributed by atoms with van der Waals surface area (Å²) in [5.74, 6) is 1.25. The standard InChI is InChI=1S/C20H31N3O2/c1-15(24)10-11-21-20(25)22-19-9-5-8-17-13-23(14-18(17)19)12-16-6-3-2-4-7-16/h2-4,6-7,15,17-19,24H,5,8-14H2,1H3,(H2,21,22,25). The van der Waals surface area contributed by atoms with Crippen molar-refractivity contribution in [3.8, 4) is 0 Å². The summed E-state index contributed by atoms with van der Waals surface area (Å²) in [4.78, 5) is 14.7. The lowest BCUT2D eigenvalue weighted by atomic mass is 9.78. The van der Waals surface area contributed by atoms with Gasteiger partial charge in [0.05, 0.1) is 6.10 Å². The van der Waals surface area contributed by atoms with E-state index in [4.69, 9.17) is 0 Å². The zero-order chi connectivity index (χ0) is 17.6. The van der Waals surface area contributed by atoms with Gasteiger partial charge in [0.2, 0.25) is 0 Å². The van der Waals surface area contributed by atoms with E-state index in [1.807, 2.05) is 0 Å². The molecule has 5 heteroatoms. The Kier molecular flexibility index (Phi) is 6.32. The fourth-order valence-corrected chi connectivity index (χ4v) is 4.33. The Hall–Kier alpha value is -1.59. The van der Waals surface area contributed by atoms with Gasteiger partial charge in [0.1, 0.15) is 0 Å². The molecule has 4 atom stereocenters. The molecule has 0 spiro atoms. The highest BCUT2D eigenvalue weighted by atomic mass is 16.3. The SMILES string of the molecule is CC(O)CCNC(=O)NC1CCCC2CN(Cc3ccccc3)CC21. The minimum Gasteiger partial charge on any atom is -0.393 e. The predicted molar refractivity (Wildman–Crippen MR) is 99.2 cm³/mol. The highest BCUT2D eigenvalue weighted by Gasteiger charge is 2.40. The molecular formula is C20H31N3O2. The van der Waals surface area contributed by atoms with Crippen LogP contribution in [0, 0.1) is 11.8 Å². The summed E-state index contributed by atoms with van der Waals surface area (Å²) in [7, 11) is 0. The Bertz CT molecular complexity index is 549. The first-order valence-corrected chi connectivity index (χ1v) is 9.60. The zero-order valence-electron chi connectivity index (χ0n) is 15.2. The number of hydrogen-bond acceptors (Lipinski definition) is 3. The fraction of sp³-hybridized carbons (Fsp3) is 0.650. The molecule has 138 valence electrons. The third-order valence-electron chi connectivity index (χ3n) is 5.59. The normalized spacial score (nSPS) is 27.5. The molecule has 1 heterocycles. The minimum atomic E-state index is -0.374. The van der Waals surface area contributed by atoms with Crippen LogP contribution in [-0.2, 0) is 6.54 Å². The van der Waals surface area contributed by atoms with Crippen molar-refractivity contribution < 1.29 is 9.90 Å². The van der Waals surface area contributed by atoms with E-state index < -0.39 is 0 Å². The minimum absolute atomic E-state index is 0.0900. The number of hydrogen-bond donors (Lipinski definition) is 3. The number of carbonyl (C=O) groups excluding carboxylic acids is 1. The van der Waals surface area contributed by atoms with Crippen molar-refractivity contribution in [1.82, 2.24) is 15.5 Å². The molecule has 1 aromatic carbocycles. The molecule has 1 saturated carbocycles. The quantitative estimate of drug-likeness (QED) is 0.742. The number of nitrogens with one attached hydrogen (secondary N) is 2. The van der Waals surface area contributed by atoms with E-state index in [-0.39, 0.29) is 18.2 Å². The van der Waals surface area contributed by atoms with E-state index in [9.17, 15) is 9.90 Å². The molecule has 1 aliphatic carbocycles. The van der Waals surface area contributed by atoms with Gasteiger partial charge in [-0.1, -0.05) is 36.8 Å². The molecule has 0 radical (unpaired) electrons. The van der Waals surface area contributed by atoms with Gasteiger partial charge in [-0.15, -0.1) is 0 Å². The maximum Gasteiger partial charge on any atom is 0.315 e. The Balaban J connectivity index is 1.50. The number of benzene rings is 1. The lowest BCUT2D eigenvalue weighted by Gasteiger charge is -2.33. The van der Waals surface area contributed by atoms with E-state index in [2.05, 4.69) is 45.9 Å². The summed E-state index contributed by atoms with van der Waals surface area (Å²) in [5, 5.41) is 15.3. The molecular weight excluding hydrogens is 314 g/mol. The lowest BCUT2D eigenvalue weighted by Crippen LogP contribution is -2.49. The van der Waals surface area contributed by atoms with Gasteiger partial charge in [-0.2, -0.15) is 0 Å². The molecule has 1 aromatic rings. The van der Waals surface area contributed by atoms with Gasteiger partial charge in [0.25, 0.3) is 0 Å². The highest BCUT2D eigenvalue weighted by Crippen LogP contribution is 2.36. The first-order chi connectivity index (χ1) is 12.1. The van der Waals surface area contributed by atoms with Gasteiger partial charge < -0.3 is 15.7 Å². The first-order valence-electron chi connectivity index (χ1n) is 9.60. The lowest BCUT2D eigenvalue weighted by molar-refractivity contribution is 0.180. The van der Waals surface area contributed by atoms with E-state index in [0.717, 1.165) is 26.1 Å². The number of amides is 2. The molecule has 3 rings (SSSR count). The topological polar surface area (TPSA) is 64.6 Å². The molecule has 1 saturated heterocycles. The van der Waals surface area contributed by atoms with Crippen LogP contribution in [0.4, 0.5) is 4.79 Å². The second-order valence-electron chi connectivity index (χ2n) is 7.68. The van der Waals surface area contributed by atoms with Crippen molar-refractivity contribution in [3.63, 3.8) is 0 Å². The number of rotatable bonds is 6. The Morgan fingerprint density at radius 2 is 2.08 bits per heavy atom. The van der Waals surface area contributed by atoms with Crippen molar-refractivity contribution >= 4 is 6.03 Å². The smallest absolute Gasteiger partial charge is 0.315 e. The number of aliphatic hydroxyl groups is 1. The summed E-state index contributed by atoms with van der Waals surface area (Å²) in [6.45, 7) is 5.47. The van der Waals surface area contributed by atoms with Gasteiger partial charge in [-0.05, 0) is 43.6 Å². The van der Waals surface area contributed by atoms with E-state index in [1.54, 1.807) is 6.92 Å². The maximum absolute atomic E-state index is 12.1. The van der Waals surface area contributed by atoms with Gasteiger partial charge >= 0.3 is 6.03 Å². The van der Waals surface area contributed by atoms with Crippen LogP contribution in [0.2, 0.25) is 0 Å². The van der Waals surface area contributed by atoms with E-state index in [0.29, 0.717) is 24.8 Å². The molecule has 2 fully saturated rings. The molecule has 5 nitrogen and oxygen atoms in total. The monoisotopic (exact) mass is 345 g/mol. The third-order valence-corrected chi connectivity index (χ3v) is 5.59. The predicted octanol–water partition coefficient (Wildman–Crippen LogP) is 2.36. The number of likely N-dealkylation sites (tertiary alicyclic amines) is 1. The first kappa shape index (κ1) is 18.2. The average molecular weight is 345 g/mol. The van der Waals surface area contributed by atoms with Gasteiger partial charge in [-0.3, -0.25) is 4.90 Å². The zero-order valence-corrected chi connectivity index (χ0v) is 15.2. The summed E-state index contributed by atoms with van der Waals surface area (Å²) in [6, 6.07) is 10.8. The fourth-order valence-electron chi connectivity index (χ4n) is 4.33. The van der Waals surface area contributed by atoms with Crippen molar-refractivity contribution in [2.75, 3.05) is 19.6 Å². The van der Waals surface area contributed by atoms with Crippen molar-refractivity contribution in [1.29, 1.82) is 0 Å². The summed E-state index contributed by atoms with van der Waals surface area (Å²) in [5.41, 5.74) is 1.36. The summed E-state index contributed by atoms with van der Waals surface area (Å²) in [6.07, 6.45) is 3.76. The van der Waals surface area contributed by atoms with Crippen LogP contribution in [0.3, 0.4) is 0 Å². The van der Waals surface area contributed by atoms with E-state index >= 15 is 0 Å². The number of nitrogens with zero attached hydrogens (tertiary/aromatic N) is 1. The van der Waals surface area contributed by atoms with Crippen LogP contribution < -0.4 is 10.6 Å². The third kappa shape index (κ3) is 5.19. The molecule has 0 aromatic heterocycles. The number of aliphatic hydroxyl groups excluding tert-OH is 1. The second kappa shape index (κ2) is 8.68. The molecule has 4 unspecified atom stereocenters. The number of carbonyl (C=O) groups is 1. The highest BCUT2D eigenvalue weighted by molar-refractivity contribution is 5.74. The second-order valence-corrected chi connectivity index (χ2v) is 7.68. The van der Waals surface area contributed by atoms with Crippen molar-refractivity contribution in [2.45, 2.75) is 51.3 Å². The van der Waals surface area contributed by atoms with Crippen LogP contribution in [0.25, 0.3) is 0 Å². The van der Waals surface area contributed by atoms with Crippen LogP contribution in [-0.4, -0.2) is 47.8 Å². The number of fused-ring (bicyclic) bond motifs is 1. The van der Waals surface area contributed by atoms with Crippen LogP contribution in [0.1, 0.15) is 38.2 Å². The van der Waals surface area contributed by atoms with Crippen LogP contribution in [0.15, 0.2) is 30.3 Å². The Morgan fingerprint density at radius 3 is 2.84 bits per heavy atom. The molecule has 0 bridgehead atoms. The van der Waals surface area contributed by atoms with Crippen LogP contribution in [0.5, 0.6) is 0 Å². The molecule has 25 heavy (non-hydrogen) atoms. The van der Waals surface area contributed by atoms with Gasteiger partial charge in [0, 0.05) is 32.2 Å². The summed E-state index contributed by atoms with van der Waals surface area (Å²) < 4.78 is 0. The Morgan fingerprint density at radius 1 is 1.28 bits per heavy atom. The molecule has 2 amide bonds. The molecule has 2 aliphatic rings. The van der Waals surface area contributed by atoms with Gasteiger partial charge in [-0.25, -0.2) is 4.79 Å². The van der Waals surface area contributed by atoms with Gasteiger partial charge in [0.15, 0.2) is 0 Å². The van der Waals surface area contributed by atoms with E-state index in [1.165, 1.54) is 18.4 Å². The molecule has 3 N–H and O–H groups in total. The van der Waals surface area contributed by atoms with Crippen molar-refractivity contribution in [2.24, 2.45) is 11.8 Å².